The molecule has 2 unspecified atom stereocenters. The number of carbonyl (C=O) groups is 1. The summed E-state index contributed by atoms with van der Waals surface area (Å²) in [6, 6.07) is 8.22. The molecule has 2 atom stereocenters. The number of ketones is 1. The highest BCUT2D eigenvalue weighted by molar-refractivity contribution is 6.03. The first-order valence-electron chi connectivity index (χ1n) is 8.02. The van der Waals surface area contributed by atoms with Crippen LogP contribution >= 0.6 is 0 Å². The predicted molar refractivity (Wildman–Crippen MR) is 81.9 cm³/mol. The Morgan fingerprint density at radius 1 is 1.25 bits per heavy atom. The molecule has 0 spiro atoms. The van der Waals surface area contributed by atoms with Gasteiger partial charge in [0.25, 0.3) is 0 Å². The molecule has 1 aromatic rings. The molecule has 2 fully saturated rings. The van der Waals surface area contributed by atoms with E-state index in [0.717, 1.165) is 24.8 Å². The smallest absolute Gasteiger partial charge is 0.182 e. The summed E-state index contributed by atoms with van der Waals surface area (Å²) in [6.07, 6.45) is 7.80. The maximum atomic E-state index is 12.8. The molecule has 0 amide bonds. The Hall–Kier alpha value is -1.15. The molecule has 0 radical (unpaired) electrons. The summed E-state index contributed by atoms with van der Waals surface area (Å²) < 4.78 is 0. The Labute approximate surface area is 121 Å². The molecule has 2 aliphatic carbocycles. The van der Waals surface area contributed by atoms with Gasteiger partial charge in [0, 0.05) is 5.56 Å². The summed E-state index contributed by atoms with van der Waals surface area (Å²) in [5.41, 5.74) is 7.97. The van der Waals surface area contributed by atoms with E-state index in [1.807, 2.05) is 12.1 Å². The zero-order valence-electron chi connectivity index (χ0n) is 12.4. The molecule has 0 heterocycles. The van der Waals surface area contributed by atoms with Gasteiger partial charge in [0.15, 0.2) is 5.78 Å². The number of benzene rings is 1. The van der Waals surface area contributed by atoms with Crippen LogP contribution in [-0.2, 0) is 0 Å². The highest BCUT2D eigenvalue weighted by atomic mass is 16.1. The first-order chi connectivity index (χ1) is 9.58. The summed E-state index contributed by atoms with van der Waals surface area (Å²) in [7, 11) is 0. The van der Waals surface area contributed by atoms with Gasteiger partial charge in [-0.25, -0.2) is 0 Å². The second-order valence-corrected chi connectivity index (χ2v) is 6.94. The molecule has 108 valence electrons. The fourth-order valence-corrected chi connectivity index (χ4v) is 3.76. The molecule has 0 aromatic heterocycles. The predicted octanol–water partition coefficient (Wildman–Crippen LogP) is 4.04. The molecular weight excluding hydrogens is 246 g/mol. The van der Waals surface area contributed by atoms with Crippen LogP contribution in [-0.4, -0.2) is 11.3 Å². The Morgan fingerprint density at radius 2 is 2.05 bits per heavy atom. The van der Waals surface area contributed by atoms with Gasteiger partial charge in [-0.1, -0.05) is 44.4 Å². The summed E-state index contributed by atoms with van der Waals surface area (Å²) in [5.74, 6) is 1.39. The number of hydrogen-bond acceptors (Lipinski definition) is 2. The van der Waals surface area contributed by atoms with Crippen molar-refractivity contribution in [2.75, 3.05) is 0 Å². The molecule has 2 N–H and O–H groups in total. The van der Waals surface area contributed by atoms with Crippen LogP contribution in [0.15, 0.2) is 24.3 Å². The average molecular weight is 271 g/mol. The zero-order valence-corrected chi connectivity index (χ0v) is 12.4. The molecule has 0 saturated heterocycles. The van der Waals surface area contributed by atoms with Crippen molar-refractivity contribution < 1.29 is 4.79 Å². The van der Waals surface area contributed by atoms with Gasteiger partial charge in [0.1, 0.15) is 0 Å². The Bertz CT molecular complexity index is 506. The van der Waals surface area contributed by atoms with Crippen LogP contribution in [0.3, 0.4) is 0 Å². The van der Waals surface area contributed by atoms with Gasteiger partial charge >= 0.3 is 0 Å². The topological polar surface area (TPSA) is 43.1 Å². The first kappa shape index (κ1) is 13.8. The van der Waals surface area contributed by atoms with Crippen LogP contribution in [0.4, 0.5) is 0 Å². The second-order valence-electron chi connectivity index (χ2n) is 6.94. The van der Waals surface area contributed by atoms with E-state index in [9.17, 15) is 4.79 Å². The summed E-state index contributed by atoms with van der Waals surface area (Å²) in [4.78, 5) is 12.8. The van der Waals surface area contributed by atoms with Gasteiger partial charge in [0.05, 0.1) is 5.54 Å². The number of Topliss-reactive ketones (excluding diaryl/α,β-unsaturated/α-hetero) is 1. The Kier molecular flexibility index (Phi) is 3.68. The molecule has 1 aromatic carbocycles. The van der Waals surface area contributed by atoms with Gasteiger partial charge in [-0.15, -0.1) is 0 Å². The van der Waals surface area contributed by atoms with Crippen LogP contribution < -0.4 is 5.73 Å². The minimum Gasteiger partial charge on any atom is -0.319 e. The number of rotatable bonds is 3. The third-order valence-electron chi connectivity index (χ3n) is 5.21. The standard InChI is InChI=1S/C18H25NO/c1-13-5-4-10-18(19,12-13)17(20)16-9-3-8-15(11-16)14-6-2-7-14/h3,8-9,11,13-14H,2,4-7,10,12,19H2,1H3. The number of carbonyl (C=O) groups excluding carboxylic acids is 1. The van der Waals surface area contributed by atoms with E-state index in [2.05, 4.69) is 19.1 Å². The fourth-order valence-electron chi connectivity index (χ4n) is 3.76. The summed E-state index contributed by atoms with van der Waals surface area (Å²) >= 11 is 0. The van der Waals surface area contributed by atoms with Gasteiger partial charge < -0.3 is 5.73 Å². The maximum absolute atomic E-state index is 12.8. The highest BCUT2D eigenvalue weighted by Crippen LogP contribution is 2.37. The molecular formula is C18H25NO. The van der Waals surface area contributed by atoms with Gasteiger partial charge in [-0.05, 0) is 49.1 Å². The lowest BCUT2D eigenvalue weighted by molar-refractivity contribution is 0.0819. The highest BCUT2D eigenvalue weighted by Gasteiger charge is 2.38. The molecule has 0 aliphatic heterocycles. The minimum absolute atomic E-state index is 0.158. The SMILES string of the molecule is CC1CCCC(N)(C(=O)c2cccc(C3CCC3)c2)C1. The lowest BCUT2D eigenvalue weighted by Crippen LogP contribution is -2.51. The molecule has 2 heteroatoms. The molecule has 2 nitrogen and oxygen atoms in total. The molecule has 3 rings (SSSR count). The average Bonchev–Trinajstić information content (AvgIpc) is 2.36. The second kappa shape index (κ2) is 5.33. The van der Waals surface area contributed by atoms with Crippen molar-refractivity contribution in [1.29, 1.82) is 0 Å². The summed E-state index contributed by atoms with van der Waals surface area (Å²) in [5, 5.41) is 0. The van der Waals surface area contributed by atoms with Crippen LogP contribution in [0.25, 0.3) is 0 Å². The normalized spacial score (nSPS) is 30.8. The Balaban J connectivity index is 1.82. The van der Waals surface area contributed by atoms with Gasteiger partial charge in [-0.2, -0.15) is 0 Å². The third-order valence-corrected chi connectivity index (χ3v) is 5.21. The van der Waals surface area contributed by atoms with Crippen LogP contribution in [0.5, 0.6) is 0 Å². The van der Waals surface area contributed by atoms with E-state index in [0.29, 0.717) is 11.8 Å². The van der Waals surface area contributed by atoms with Gasteiger partial charge in [0.2, 0.25) is 0 Å². The first-order valence-corrected chi connectivity index (χ1v) is 8.02. The van der Waals surface area contributed by atoms with Crippen molar-refractivity contribution in [1.82, 2.24) is 0 Å². The monoisotopic (exact) mass is 271 g/mol. The third kappa shape index (κ3) is 2.54. The van der Waals surface area contributed by atoms with E-state index < -0.39 is 5.54 Å². The van der Waals surface area contributed by atoms with Crippen molar-refractivity contribution in [2.45, 2.75) is 63.3 Å². The van der Waals surface area contributed by atoms with E-state index in [1.54, 1.807) is 0 Å². The van der Waals surface area contributed by atoms with Crippen LogP contribution in [0.1, 0.15) is 73.7 Å². The minimum atomic E-state index is -0.629. The Morgan fingerprint density at radius 3 is 2.70 bits per heavy atom. The van der Waals surface area contributed by atoms with Crippen molar-refractivity contribution >= 4 is 5.78 Å². The van der Waals surface area contributed by atoms with E-state index in [4.69, 9.17) is 5.73 Å². The van der Waals surface area contributed by atoms with Crippen LogP contribution in [0, 0.1) is 5.92 Å². The van der Waals surface area contributed by atoms with E-state index in [1.165, 1.54) is 31.2 Å². The molecule has 2 saturated carbocycles. The quantitative estimate of drug-likeness (QED) is 0.843. The lowest BCUT2D eigenvalue weighted by Gasteiger charge is -2.35. The number of nitrogens with two attached hydrogens (primary N) is 1. The molecule has 2 aliphatic rings. The van der Waals surface area contributed by atoms with Crippen molar-refractivity contribution in [3.63, 3.8) is 0 Å². The molecule has 0 bridgehead atoms. The van der Waals surface area contributed by atoms with Crippen LogP contribution in [0.2, 0.25) is 0 Å². The lowest BCUT2D eigenvalue weighted by atomic mass is 9.72. The summed E-state index contributed by atoms with van der Waals surface area (Å²) in [6.45, 7) is 2.21. The van der Waals surface area contributed by atoms with Crippen molar-refractivity contribution in [2.24, 2.45) is 11.7 Å². The zero-order chi connectivity index (χ0) is 14.2. The largest absolute Gasteiger partial charge is 0.319 e. The van der Waals surface area contributed by atoms with E-state index >= 15 is 0 Å². The fraction of sp³-hybridized carbons (Fsp3) is 0.611. The maximum Gasteiger partial charge on any atom is 0.182 e. The van der Waals surface area contributed by atoms with E-state index in [-0.39, 0.29) is 5.78 Å². The van der Waals surface area contributed by atoms with Gasteiger partial charge in [-0.3, -0.25) is 4.79 Å². The number of hydrogen-bond donors (Lipinski definition) is 1. The van der Waals surface area contributed by atoms with Crippen molar-refractivity contribution in [3.8, 4) is 0 Å². The molecule has 20 heavy (non-hydrogen) atoms. The van der Waals surface area contributed by atoms with Crippen molar-refractivity contribution in [3.05, 3.63) is 35.4 Å².